The van der Waals surface area contributed by atoms with Crippen molar-refractivity contribution in [3.63, 3.8) is 0 Å². The molecule has 2 saturated carbocycles. The molecule has 5 rings (SSSR count). The van der Waals surface area contributed by atoms with E-state index in [0.29, 0.717) is 23.5 Å². The first-order valence-electron chi connectivity index (χ1n) is 12.7. The van der Waals surface area contributed by atoms with Crippen molar-refractivity contribution in [3.8, 4) is 5.75 Å². The average Bonchev–Trinajstić information content (AvgIpc) is 3.06. The summed E-state index contributed by atoms with van der Waals surface area (Å²) in [5, 5.41) is 21.2. The highest BCUT2D eigenvalue weighted by Crippen LogP contribution is 2.69. The van der Waals surface area contributed by atoms with Crippen LogP contribution in [-0.4, -0.2) is 16.3 Å². The first-order chi connectivity index (χ1) is 14.8. The quantitative estimate of drug-likeness (QED) is 0.511. The fraction of sp³-hybridized carbons (Fsp3) is 0.655. The maximum absolute atomic E-state index is 10.8. The molecule has 0 saturated heterocycles. The van der Waals surface area contributed by atoms with Crippen molar-refractivity contribution in [2.45, 2.75) is 85.2 Å². The molecule has 2 nitrogen and oxygen atoms in total. The molecule has 168 valence electrons. The van der Waals surface area contributed by atoms with Gasteiger partial charge in [-0.2, -0.15) is 0 Å². The van der Waals surface area contributed by atoms with Crippen LogP contribution in [-0.2, 0) is 0 Å². The van der Waals surface area contributed by atoms with Gasteiger partial charge in [0.1, 0.15) is 5.75 Å². The number of allylic oxidation sites excluding steroid dienone is 3. The van der Waals surface area contributed by atoms with Crippen LogP contribution in [0.1, 0.15) is 84.6 Å². The van der Waals surface area contributed by atoms with Gasteiger partial charge in [-0.15, -0.1) is 0 Å². The first-order valence-corrected chi connectivity index (χ1v) is 12.7. The maximum atomic E-state index is 10.8. The van der Waals surface area contributed by atoms with Gasteiger partial charge < -0.3 is 10.2 Å². The third kappa shape index (κ3) is 3.00. The van der Waals surface area contributed by atoms with Crippen LogP contribution in [0.15, 0.2) is 41.5 Å². The molecule has 2 heteroatoms. The van der Waals surface area contributed by atoms with E-state index in [-0.39, 0.29) is 16.9 Å². The highest BCUT2D eigenvalue weighted by molar-refractivity contribution is 5.79. The van der Waals surface area contributed by atoms with Gasteiger partial charge in [-0.1, -0.05) is 63.1 Å². The SMILES string of the molecule is CCC1=C(c2ccccc2O)[C@@]2(C)CC[C@@H]3[C@@H](C(CC)C=C4CC(O)CC[C@@]43C)[C@@H]2C1. The summed E-state index contributed by atoms with van der Waals surface area (Å²) in [5.41, 5.74) is 6.09. The second-order valence-corrected chi connectivity index (χ2v) is 11.4. The molecular formula is C29H40O2. The number of hydrogen-bond donors (Lipinski definition) is 2. The van der Waals surface area contributed by atoms with E-state index in [4.69, 9.17) is 0 Å². The summed E-state index contributed by atoms with van der Waals surface area (Å²) >= 11 is 0. The van der Waals surface area contributed by atoms with E-state index in [1.807, 2.05) is 12.1 Å². The predicted molar refractivity (Wildman–Crippen MR) is 128 cm³/mol. The second kappa shape index (κ2) is 7.51. The Bertz CT molecular complexity index is 926. The molecule has 0 spiro atoms. The summed E-state index contributed by atoms with van der Waals surface area (Å²) in [6.45, 7) is 9.69. The van der Waals surface area contributed by atoms with Crippen molar-refractivity contribution in [2.24, 2.45) is 34.5 Å². The van der Waals surface area contributed by atoms with E-state index in [0.717, 1.165) is 37.2 Å². The van der Waals surface area contributed by atoms with E-state index < -0.39 is 0 Å². The average molecular weight is 421 g/mol. The Morgan fingerprint density at radius 1 is 0.968 bits per heavy atom. The molecule has 7 atom stereocenters. The van der Waals surface area contributed by atoms with E-state index in [9.17, 15) is 10.2 Å². The highest BCUT2D eigenvalue weighted by Gasteiger charge is 2.59. The number of aliphatic hydroxyl groups is 1. The smallest absolute Gasteiger partial charge is 0.123 e. The van der Waals surface area contributed by atoms with Crippen LogP contribution < -0.4 is 0 Å². The molecule has 0 radical (unpaired) electrons. The number of fused-ring (bicyclic) bond motifs is 5. The van der Waals surface area contributed by atoms with Gasteiger partial charge >= 0.3 is 0 Å². The fourth-order valence-corrected chi connectivity index (χ4v) is 8.48. The van der Waals surface area contributed by atoms with Gasteiger partial charge in [0.15, 0.2) is 0 Å². The Hall–Kier alpha value is -1.54. The van der Waals surface area contributed by atoms with Gasteiger partial charge in [0.05, 0.1) is 6.10 Å². The van der Waals surface area contributed by atoms with Crippen molar-refractivity contribution in [1.82, 2.24) is 0 Å². The largest absolute Gasteiger partial charge is 0.507 e. The molecule has 31 heavy (non-hydrogen) atoms. The zero-order valence-corrected chi connectivity index (χ0v) is 19.8. The Kier molecular flexibility index (Phi) is 5.16. The minimum absolute atomic E-state index is 0.144. The van der Waals surface area contributed by atoms with E-state index in [1.165, 1.54) is 31.3 Å². The molecule has 4 aliphatic carbocycles. The zero-order chi connectivity index (χ0) is 22.0. The van der Waals surface area contributed by atoms with Crippen LogP contribution in [0.4, 0.5) is 0 Å². The van der Waals surface area contributed by atoms with Crippen LogP contribution in [0, 0.1) is 34.5 Å². The van der Waals surface area contributed by atoms with Crippen molar-refractivity contribution in [1.29, 1.82) is 0 Å². The number of benzene rings is 1. The molecular weight excluding hydrogens is 380 g/mol. The van der Waals surface area contributed by atoms with E-state index >= 15 is 0 Å². The molecule has 2 unspecified atom stereocenters. The molecule has 0 amide bonds. The van der Waals surface area contributed by atoms with Crippen molar-refractivity contribution in [2.75, 3.05) is 0 Å². The number of aromatic hydroxyl groups is 1. The van der Waals surface area contributed by atoms with Gasteiger partial charge in [-0.05, 0) is 97.5 Å². The summed E-state index contributed by atoms with van der Waals surface area (Å²) in [5.74, 6) is 3.15. The predicted octanol–water partition coefficient (Wildman–Crippen LogP) is 7.13. The van der Waals surface area contributed by atoms with E-state index in [2.05, 4.69) is 45.9 Å². The highest BCUT2D eigenvalue weighted by atomic mass is 16.3. The molecule has 0 heterocycles. The molecule has 0 aliphatic heterocycles. The van der Waals surface area contributed by atoms with Crippen LogP contribution >= 0.6 is 0 Å². The topological polar surface area (TPSA) is 40.5 Å². The molecule has 4 aliphatic rings. The molecule has 1 aromatic rings. The van der Waals surface area contributed by atoms with Crippen LogP contribution in [0.2, 0.25) is 0 Å². The van der Waals surface area contributed by atoms with Crippen LogP contribution in [0.5, 0.6) is 5.75 Å². The van der Waals surface area contributed by atoms with Crippen LogP contribution in [0.3, 0.4) is 0 Å². The molecule has 2 fully saturated rings. The minimum Gasteiger partial charge on any atom is -0.507 e. The summed E-state index contributed by atoms with van der Waals surface area (Å²) in [6.07, 6.45) is 11.4. The Labute approximate surface area is 188 Å². The van der Waals surface area contributed by atoms with Gasteiger partial charge in [0.25, 0.3) is 0 Å². The number of para-hydroxylation sites is 1. The van der Waals surface area contributed by atoms with Gasteiger partial charge in [0, 0.05) is 5.56 Å². The summed E-state index contributed by atoms with van der Waals surface area (Å²) in [7, 11) is 0. The van der Waals surface area contributed by atoms with Gasteiger partial charge in [-0.3, -0.25) is 0 Å². The minimum atomic E-state index is -0.144. The second-order valence-electron chi connectivity index (χ2n) is 11.4. The standard InChI is InChI=1S/C29H40O2/c1-5-18-15-20-17-21(30)11-13-28(20,3)23-12-14-29(4)24(26(18)23)16-19(6-2)27(29)22-9-7-8-10-25(22)31/h7-10,15,18,21,23-24,26,30-31H,5-6,11-14,16-17H2,1-4H3/t18?,21?,23-,24+,26-,28+,29+/m1/s1. The molecule has 0 bridgehead atoms. The normalized spacial score (nSPS) is 42.0. The van der Waals surface area contributed by atoms with Crippen molar-refractivity contribution < 1.29 is 10.2 Å². The summed E-state index contributed by atoms with van der Waals surface area (Å²) in [6, 6.07) is 8.02. The Morgan fingerprint density at radius 3 is 2.42 bits per heavy atom. The number of phenols is 1. The lowest BCUT2D eigenvalue weighted by Crippen LogP contribution is -2.52. The molecule has 0 aromatic heterocycles. The van der Waals surface area contributed by atoms with Gasteiger partial charge in [0.2, 0.25) is 0 Å². The molecule has 1 aromatic carbocycles. The number of aliphatic hydroxyl groups excluding tert-OH is 1. The summed E-state index contributed by atoms with van der Waals surface area (Å²) in [4.78, 5) is 0. The maximum Gasteiger partial charge on any atom is 0.123 e. The fourth-order valence-electron chi connectivity index (χ4n) is 8.48. The lowest BCUT2D eigenvalue weighted by atomic mass is 9.45. The molecule has 2 N–H and O–H groups in total. The monoisotopic (exact) mass is 420 g/mol. The zero-order valence-electron chi connectivity index (χ0n) is 19.8. The van der Waals surface area contributed by atoms with Crippen molar-refractivity contribution in [3.05, 3.63) is 47.1 Å². The van der Waals surface area contributed by atoms with E-state index in [1.54, 1.807) is 11.1 Å². The first kappa shape index (κ1) is 21.3. The lowest BCUT2D eigenvalue weighted by molar-refractivity contribution is -0.0468. The third-order valence-electron chi connectivity index (χ3n) is 10.1. The van der Waals surface area contributed by atoms with Crippen LogP contribution in [0.25, 0.3) is 5.57 Å². The van der Waals surface area contributed by atoms with Crippen molar-refractivity contribution >= 4 is 5.57 Å². The summed E-state index contributed by atoms with van der Waals surface area (Å²) < 4.78 is 0. The number of rotatable bonds is 3. The number of hydrogen-bond acceptors (Lipinski definition) is 2. The third-order valence-corrected chi connectivity index (χ3v) is 10.1. The Balaban J connectivity index is 1.59. The number of phenolic OH excluding ortho intramolecular Hbond substituents is 1. The lowest BCUT2D eigenvalue weighted by Gasteiger charge is -2.60. The van der Waals surface area contributed by atoms with Gasteiger partial charge in [-0.25, -0.2) is 0 Å². The Morgan fingerprint density at radius 2 is 1.71 bits per heavy atom.